The molecule has 2 heterocycles. The fourth-order valence-electron chi connectivity index (χ4n) is 2.84. The van der Waals surface area contributed by atoms with Gasteiger partial charge in [-0.15, -0.1) is 0 Å². The summed E-state index contributed by atoms with van der Waals surface area (Å²) in [6.07, 6.45) is 5.25. The Labute approximate surface area is 143 Å². The van der Waals surface area contributed by atoms with Gasteiger partial charge < -0.3 is 19.7 Å². The summed E-state index contributed by atoms with van der Waals surface area (Å²) in [6.45, 7) is 8.85. The van der Waals surface area contributed by atoms with Crippen molar-refractivity contribution in [3.8, 4) is 0 Å². The molecule has 0 aromatic carbocycles. The number of anilines is 1. The highest BCUT2D eigenvalue weighted by molar-refractivity contribution is 5.80. The van der Waals surface area contributed by atoms with Crippen LogP contribution in [0.4, 0.5) is 10.6 Å². The molecule has 1 aromatic heterocycles. The fourth-order valence-corrected chi connectivity index (χ4v) is 2.84. The molecular formula is C18H27N3O3. The summed E-state index contributed by atoms with van der Waals surface area (Å²) >= 11 is 0. The van der Waals surface area contributed by atoms with E-state index in [1.165, 1.54) is 6.42 Å². The second-order valence-corrected chi connectivity index (χ2v) is 7.37. The number of aromatic nitrogens is 1. The first-order valence-corrected chi connectivity index (χ1v) is 8.43. The Morgan fingerprint density at radius 3 is 2.50 bits per heavy atom. The molecule has 1 fully saturated rings. The Balaban J connectivity index is 2.29. The molecule has 1 atom stereocenters. The van der Waals surface area contributed by atoms with Crippen molar-refractivity contribution < 1.29 is 14.3 Å². The van der Waals surface area contributed by atoms with Crippen molar-refractivity contribution in [2.75, 3.05) is 18.0 Å². The second kappa shape index (κ2) is 7.20. The topological polar surface area (TPSA) is 71.5 Å². The summed E-state index contributed by atoms with van der Waals surface area (Å²) in [5, 5.41) is 2.70. The highest BCUT2D eigenvalue weighted by Crippen LogP contribution is 2.29. The van der Waals surface area contributed by atoms with Gasteiger partial charge in [0.2, 0.25) is 0 Å². The Hall–Kier alpha value is -2.11. The van der Waals surface area contributed by atoms with Crippen molar-refractivity contribution in [3.05, 3.63) is 23.9 Å². The lowest BCUT2D eigenvalue weighted by Crippen LogP contribution is -2.48. The summed E-state index contributed by atoms with van der Waals surface area (Å²) in [4.78, 5) is 30.7. The molecule has 1 saturated heterocycles. The van der Waals surface area contributed by atoms with Crippen molar-refractivity contribution in [2.45, 2.75) is 58.1 Å². The molecule has 0 radical (unpaired) electrons. The van der Waals surface area contributed by atoms with Crippen molar-refractivity contribution in [1.82, 2.24) is 10.3 Å². The monoisotopic (exact) mass is 333 g/mol. The van der Waals surface area contributed by atoms with Gasteiger partial charge in [-0.1, -0.05) is 6.07 Å². The predicted octanol–water partition coefficient (Wildman–Crippen LogP) is 3.01. The number of carbonyl (C=O) groups is 2. The van der Waals surface area contributed by atoms with Crippen molar-refractivity contribution in [3.63, 3.8) is 0 Å². The summed E-state index contributed by atoms with van der Waals surface area (Å²) in [5.74, 6) is 0.753. The number of aldehydes is 1. The lowest BCUT2D eigenvalue weighted by Gasteiger charge is -2.34. The normalized spacial score (nSPS) is 17.8. The minimum atomic E-state index is -1.19. The zero-order valence-corrected chi connectivity index (χ0v) is 15.0. The number of nitrogens with one attached hydrogen (secondary N) is 1. The van der Waals surface area contributed by atoms with Crippen LogP contribution in [0.3, 0.4) is 0 Å². The zero-order chi connectivity index (χ0) is 17.8. The van der Waals surface area contributed by atoms with Crippen LogP contribution >= 0.6 is 0 Å². The Morgan fingerprint density at radius 2 is 1.92 bits per heavy atom. The molecule has 1 aliphatic heterocycles. The first-order chi connectivity index (χ1) is 11.2. The van der Waals surface area contributed by atoms with E-state index in [-0.39, 0.29) is 0 Å². The molecule has 6 heteroatoms. The van der Waals surface area contributed by atoms with Crippen LogP contribution in [0.15, 0.2) is 18.3 Å². The summed E-state index contributed by atoms with van der Waals surface area (Å²) < 4.78 is 5.30. The number of hydrogen-bond donors (Lipinski definition) is 1. The van der Waals surface area contributed by atoms with Crippen LogP contribution in [0.1, 0.15) is 52.5 Å². The maximum absolute atomic E-state index is 12.2. The van der Waals surface area contributed by atoms with E-state index in [0.29, 0.717) is 5.56 Å². The maximum atomic E-state index is 12.2. The van der Waals surface area contributed by atoms with Gasteiger partial charge in [0.15, 0.2) is 0 Å². The average molecular weight is 333 g/mol. The van der Waals surface area contributed by atoms with Gasteiger partial charge in [-0.05, 0) is 53.0 Å². The third-order valence-electron chi connectivity index (χ3n) is 4.00. The third-order valence-corrected chi connectivity index (χ3v) is 4.00. The van der Waals surface area contributed by atoms with Crippen LogP contribution in [-0.2, 0) is 15.1 Å². The highest BCUT2D eigenvalue weighted by Gasteiger charge is 2.34. The number of rotatable bonds is 4. The minimum Gasteiger partial charge on any atom is -0.444 e. The number of hydrogen-bond acceptors (Lipinski definition) is 5. The van der Waals surface area contributed by atoms with Gasteiger partial charge in [-0.25, -0.2) is 9.78 Å². The number of amides is 1. The van der Waals surface area contributed by atoms with Gasteiger partial charge in [-0.3, -0.25) is 0 Å². The van der Waals surface area contributed by atoms with E-state index in [0.717, 1.165) is 38.0 Å². The largest absolute Gasteiger partial charge is 0.444 e. The summed E-state index contributed by atoms with van der Waals surface area (Å²) in [7, 11) is 0. The van der Waals surface area contributed by atoms with Crippen LogP contribution < -0.4 is 10.2 Å². The van der Waals surface area contributed by atoms with E-state index in [2.05, 4.69) is 15.2 Å². The van der Waals surface area contributed by atoms with Gasteiger partial charge >= 0.3 is 6.09 Å². The number of ether oxygens (including phenoxy) is 1. The van der Waals surface area contributed by atoms with E-state index in [1.807, 2.05) is 6.07 Å². The lowest BCUT2D eigenvalue weighted by atomic mass is 9.93. The van der Waals surface area contributed by atoms with Crippen molar-refractivity contribution >= 4 is 18.2 Å². The first-order valence-electron chi connectivity index (χ1n) is 8.43. The Bertz CT molecular complexity index is 591. The van der Waals surface area contributed by atoms with E-state index < -0.39 is 17.2 Å². The predicted molar refractivity (Wildman–Crippen MR) is 93.1 cm³/mol. The molecule has 1 N–H and O–H groups in total. The van der Waals surface area contributed by atoms with E-state index in [1.54, 1.807) is 40.0 Å². The molecule has 132 valence electrons. The fraction of sp³-hybridized carbons (Fsp3) is 0.611. The zero-order valence-electron chi connectivity index (χ0n) is 15.0. The smallest absolute Gasteiger partial charge is 0.408 e. The molecule has 24 heavy (non-hydrogen) atoms. The molecule has 0 bridgehead atoms. The van der Waals surface area contributed by atoms with Crippen molar-refractivity contribution in [2.24, 2.45) is 0 Å². The molecule has 2 rings (SSSR count). The Kier molecular flexibility index (Phi) is 5.47. The standard InChI is InChI=1S/C18H27N3O3/c1-17(2,3)24-16(23)20-18(4,13-22)14-9-8-10-19-15(14)21-11-6-5-7-12-21/h8-10,13H,5-7,11-12H2,1-4H3,(H,20,23). The van der Waals surface area contributed by atoms with E-state index >= 15 is 0 Å². The van der Waals surface area contributed by atoms with Gasteiger partial charge in [0, 0.05) is 24.8 Å². The van der Waals surface area contributed by atoms with Gasteiger partial charge in [0.05, 0.1) is 0 Å². The molecule has 6 nitrogen and oxygen atoms in total. The first kappa shape index (κ1) is 18.2. The Morgan fingerprint density at radius 1 is 1.25 bits per heavy atom. The van der Waals surface area contributed by atoms with Crippen LogP contribution in [-0.4, -0.2) is 36.1 Å². The van der Waals surface area contributed by atoms with E-state index in [9.17, 15) is 9.59 Å². The maximum Gasteiger partial charge on any atom is 0.408 e. The molecule has 0 aliphatic carbocycles. The van der Waals surface area contributed by atoms with Crippen LogP contribution in [0.25, 0.3) is 0 Å². The minimum absolute atomic E-state index is 0.620. The molecule has 0 saturated carbocycles. The number of carbonyl (C=O) groups excluding carboxylic acids is 2. The molecular weight excluding hydrogens is 306 g/mol. The number of nitrogens with zero attached hydrogens (tertiary/aromatic N) is 2. The van der Waals surface area contributed by atoms with Gasteiger partial charge in [0.25, 0.3) is 0 Å². The van der Waals surface area contributed by atoms with E-state index in [4.69, 9.17) is 4.74 Å². The number of alkyl carbamates (subject to hydrolysis) is 1. The lowest BCUT2D eigenvalue weighted by molar-refractivity contribution is -0.113. The molecule has 1 unspecified atom stereocenters. The van der Waals surface area contributed by atoms with Crippen LogP contribution in [0, 0.1) is 0 Å². The third kappa shape index (κ3) is 4.46. The van der Waals surface area contributed by atoms with Gasteiger partial charge in [-0.2, -0.15) is 0 Å². The molecule has 1 aliphatic rings. The van der Waals surface area contributed by atoms with Crippen molar-refractivity contribution in [1.29, 1.82) is 0 Å². The van der Waals surface area contributed by atoms with Gasteiger partial charge in [0.1, 0.15) is 23.2 Å². The number of piperidine rings is 1. The SMILES string of the molecule is CC(C)(C)OC(=O)NC(C)(C=O)c1cccnc1N1CCCCC1. The molecule has 1 amide bonds. The summed E-state index contributed by atoms with van der Waals surface area (Å²) in [5.41, 5.74) is -1.13. The number of pyridine rings is 1. The second-order valence-electron chi connectivity index (χ2n) is 7.37. The summed E-state index contributed by atoms with van der Waals surface area (Å²) in [6, 6.07) is 3.62. The molecule has 0 spiro atoms. The quantitative estimate of drug-likeness (QED) is 0.858. The average Bonchev–Trinajstić information content (AvgIpc) is 2.53. The highest BCUT2D eigenvalue weighted by atomic mass is 16.6. The van der Waals surface area contributed by atoms with Crippen LogP contribution in [0.5, 0.6) is 0 Å². The molecule has 1 aromatic rings. The van der Waals surface area contributed by atoms with Crippen LogP contribution in [0.2, 0.25) is 0 Å².